The molecule has 3 heterocycles. The summed E-state index contributed by atoms with van der Waals surface area (Å²) in [6.07, 6.45) is 4.87. The van der Waals surface area contributed by atoms with Crippen molar-refractivity contribution >= 4 is 17.6 Å². The quantitative estimate of drug-likeness (QED) is 0.637. The lowest BCUT2D eigenvalue weighted by atomic mass is 9.99. The van der Waals surface area contributed by atoms with E-state index in [2.05, 4.69) is 25.9 Å². The van der Waals surface area contributed by atoms with Crippen molar-refractivity contribution in [2.24, 2.45) is 5.92 Å². The molecule has 0 aliphatic carbocycles. The van der Waals surface area contributed by atoms with Crippen LogP contribution in [-0.4, -0.2) is 40.0 Å². The van der Waals surface area contributed by atoms with Gasteiger partial charge in [0.05, 0.1) is 5.92 Å². The molecule has 1 aliphatic heterocycles. The van der Waals surface area contributed by atoms with E-state index in [9.17, 15) is 14.7 Å². The average Bonchev–Trinajstić information content (AvgIpc) is 2.67. The van der Waals surface area contributed by atoms with E-state index in [4.69, 9.17) is 0 Å². The zero-order chi connectivity index (χ0) is 18.4. The van der Waals surface area contributed by atoms with Gasteiger partial charge in [-0.05, 0) is 49.2 Å². The Hall–Kier alpha value is -3.00. The molecular formula is C18H21N5O3. The van der Waals surface area contributed by atoms with Gasteiger partial charge >= 0.3 is 0 Å². The van der Waals surface area contributed by atoms with Gasteiger partial charge in [0, 0.05) is 25.5 Å². The first-order valence-corrected chi connectivity index (χ1v) is 8.52. The summed E-state index contributed by atoms with van der Waals surface area (Å²) in [6, 6.07) is 6.38. The number of nitrogens with zero attached hydrogens (tertiary/aromatic N) is 2. The Morgan fingerprint density at radius 3 is 2.92 bits per heavy atom. The van der Waals surface area contributed by atoms with E-state index in [0.717, 1.165) is 24.9 Å². The number of nitrogens with one attached hydrogen (secondary N) is 3. The van der Waals surface area contributed by atoms with Gasteiger partial charge in [-0.25, -0.2) is 9.97 Å². The van der Waals surface area contributed by atoms with E-state index in [-0.39, 0.29) is 23.3 Å². The van der Waals surface area contributed by atoms with Crippen LogP contribution in [0.3, 0.4) is 0 Å². The predicted molar refractivity (Wildman–Crippen MR) is 95.5 cm³/mol. The van der Waals surface area contributed by atoms with Gasteiger partial charge in [-0.2, -0.15) is 0 Å². The minimum absolute atomic E-state index is 0.00288. The summed E-state index contributed by atoms with van der Waals surface area (Å²) in [5.41, 5.74) is 0.746. The fourth-order valence-corrected chi connectivity index (χ4v) is 2.81. The molecule has 0 spiro atoms. The lowest BCUT2D eigenvalue weighted by Crippen LogP contribution is -2.40. The molecule has 1 unspecified atom stereocenters. The van der Waals surface area contributed by atoms with Crippen molar-refractivity contribution in [2.75, 3.05) is 18.4 Å². The van der Waals surface area contributed by atoms with Crippen LogP contribution in [0.25, 0.3) is 0 Å². The smallest absolute Gasteiger partial charge is 0.279 e. The highest BCUT2D eigenvalue weighted by Gasteiger charge is 2.20. The molecule has 26 heavy (non-hydrogen) atoms. The number of hydrogen-bond donors (Lipinski definition) is 4. The van der Waals surface area contributed by atoms with Gasteiger partial charge in [0.15, 0.2) is 5.69 Å². The summed E-state index contributed by atoms with van der Waals surface area (Å²) >= 11 is 0. The number of piperidine rings is 1. The molecule has 1 saturated heterocycles. The summed E-state index contributed by atoms with van der Waals surface area (Å²) in [4.78, 5) is 32.3. The first-order chi connectivity index (χ1) is 12.6. The third-order valence-corrected chi connectivity index (χ3v) is 4.20. The molecule has 0 aromatic carbocycles. The molecule has 8 nitrogen and oxygen atoms in total. The van der Waals surface area contributed by atoms with E-state index in [0.29, 0.717) is 18.9 Å². The second-order valence-electron chi connectivity index (χ2n) is 6.14. The van der Waals surface area contributed by atoms with Crippen molar-refractivity contribution in [3.05, 3.63) is 47.9 Å². The van der Waals surface area contributed by atoms with Crippen LogP contribution < -0.4 is 16.0 Å². The Morgan fingerprint density at radius 2 is 2.15 bits per heavy atom. The maximum Gasteiger partial charge on any atom is 0.279 e. The van der Waals surface area contributed by atoms with Gasteiger partial charge in [0.1, 0.15) is 11.6 Å². The number of hydrogen-bond acceptors (Lipinski definition) is 6. The molecule has 0 saturated carbocycles. The molecule has 136 valence electrons. The van der Waals surface area contributed by atoms with Gasteiger partial charge in [-0.15, -0.1) is 0 Å². The Bertz CT molecular complexity index is 790. The SMILES string of the molecule is O=C(Nc1cc(CNC(=O)C2CCCNC2)ccn1)c1ncccc1O. The molecule has 0 radical (unpaired) electrons. The Kier molecular flexibility index (Phi) is 5.75. The summed E-state index contributed by atoms with van der Waals surface area (Å²) < 4.78 is 0. The number of aromatic hydroxyl groups is 1. The summed E-state index contributed by atoms with van der Waals surface area (Å²) in [6.45, 7) is 2.02. The van der Waals surface area contributed by atoms with Crippen LogP contribution in [0.15, 0.2) is 36.7 Å². The standard InChI is InChI=1S/C18H21N5O3/c24-14-4-2-7-21-16(14)18(26)23-15-9-12(5-8-20-15)10-22-17(25)13-3-1-6-19-11-13/h2,4-5,7-9,13,19,24H,1,3,6,10-11H2,(H,22,25)(H,20,23,26). The topological polar surface area (TPSA) is 116 Å². The van der Waals surface area contributed by atoms with Crippen LogP contribution in [0.2, 0.25) is 0 Å². The van der Waals surface area contributed by atoms with Crippen LogP contribution in [-0.2, 0) is 11.3 Å². The number of amides is 2. The highest BCUT2D eigenvalue weighted by molar-refractivity contribution is 6.04. The number of aromatic nitrogens is 2. The van der Waals surface area contributed by atoms with E-state index >= 15 is 0 Å². The van der Waals surface area contributed by atoms with Gasteiger partial charge in [0.25, 0.3) is 5.91 Å². The van der Waals surface area contributed by atoms with E-state index < -0.39 is 5.91 Å². The third kappa shape index (κ3) is 4.54. The maximum atomic E-state index is 12.2. The fraction of sp³-hybridized carbons (Fsp3) is 0.333. The number of carbonyl (C=O) groups excluding carboxylic acids is 2. The van der Waals surface area contributed by atoms with Crippen LogP contribution in [0.4, 0.5) is 5.82 Å². The van der Waals surface area contributed by atoms with Crippen LogP contribution in [0.1, 0.15) is 28.9 Å². The molecule has 1 aliphatic rings. The zero-order valence-corrected chi connectivity index (χ0v) is 14.2. The Labute approximate surface area is 151 Å². The normalized spacial score (nSPS) is 16.7. The second-order valence-corrected chi connectivity index (χ2v) is 6.14. The number of rotatable bonds is 5. The van der Waals surface area contributed by atoms with E-state index in [1.807, 2.05) is 0 Å². The van der Waals surface area contributed by atoms with Crippen molar-refractivity contribution < 1.29 is 14.7 Å². The molecule has 2 aromatic rings. The monoisotopic (exact) mass is 355 g/mol. The molecule has 1 atom stereocenters. The molecular weight excluding hydrogens is 334 g/mol. The van der Waals surface area contributed by atoms with E-state index in [1.165, 1.54) is 18.3 Å². The maximum absolute atomic E-state index is 12.2. The van der Waals surface area contributed by atoms with Crippen LogP contribution in [0, 0.1) is 5.92 Å². The van der Waals surface area contributed by atoms with Gasteiger partial charge in [-0.1, -0.05) is 0 Å². The number of pyridine rings is 2. The largest absolute Gasteiger partial charge is 0.505 e. The highest BCUT2D eigenvalue weighted by Crippen LogP contribution is 2.15. The van der Waals surface area contributed by atoms with Gasteiger partial charge in [0.2, 0.25) is 5.91 Å². The average molecular weight is 355 g/mol. The first-order valence-electron chi connectivity index (χ1n) is 8.52. The predicted octanol–water partition coefficient (Wildman–Crippen LogP) is 1.05. The summed E-state index contributed by atoms with van der Waals surface area (Å²) in [5.74, 6) is -0.402. The van der Waals surface area contributed by atoms with E-state index in [1.54, 1.807) is 18.3 Å². The molecule has 3 rings (SSSR count). The minimum atomic E-state index is -0.551. The summed E-state index contributed by atoms with van der Waals surface area (Å²) in [7, 11) is 0. The number of carbonyl (C=O) groups is 2. The van der Waals surface area contributed by atoms with Crippen LogP contribution >= 0.6 is 0 Å². The molecule has 4 N–H and O–H groups in total. The van der Waals surface area contributed by atoms with Crippen molar-refractivity contribution in [2.45, 2.75) is 19.4 Å². The van der Waals surface area contributed by atoms with Crippen molar-refractivity contribution in [1.29, 1.82) is 0 Å². The highest BCUT2D eigenvalue weighted by atomic mass is 16.3. The lowest BCUT2D eigenvalue weighted by Gasteiger charge is -2.21. The Morgan fingerprint density at radius 1 is 1.27 bits per heavy atom. The number of anilines is 1. The van der Waals surface area contributed by atoms with Crippen molar-refractivity contribution in [3.63, 3.8) is 0 Å². The molecule has 2 amide bonds. The van der Waals surface area contributed by atoms with Crippen LogP contribution in [0.5, 0.6) is 5.75 Å². The van der Waals surface area contributed by atoms with Gasteiger partial charge in [-0.3, -0.25) is 9.59 Å². The van der Waals surface area contributed by atoms with Crippen molar-refractivity contribution in [1.82, 2.24) is 20.6 Å². The lowest BCUT2D eigenvalue weighted by molar-refractivity contribution is -0.125. The molecule has 8 heteroatoms. The first kappa shape index (κ1) is 17.8. The van der Waals surface area contributed by atoms with Gasteiger partial charge < -0.3 is 21.1 Å². The molecule has 2 aromatic heterocycles. The molecule has 0 bridgehead atoms. The second kappa shape index (κ2) is 8.39. The van der Waals surface area contributed by atoms with Crippen molar-refractivity contribution in [3.8, 4) is 5.75 Å². The fourth-order valence-electron chi connectivity index (χ4n) is 2.81. The summed E-state index contributed by atoms with van der Waals surface area (Å²) in [5, 5.41) is 18.4. The third-order valence-electron chi connectivity index (χ3n) is 4.20. The minimum Gasteiger partial charge on any atom is -0.505 e. The molecule has 1 fully saturated rings. The Balaban J connectivity index is 1.58. The zero-order valence-electron chi connectivity index (χ0n) is 14.2.